The van der Waals surface area contributed by atoms with Gasteiger partial charge in [-0.05, 0) is 157 Å². The summed E-state index contributed by atoms with van der Waals surface area (Å²) in [6, 6.07) is 87.9. The maximum absolute atomic E-state index is 2.51. The molecule has 1 heterocycles. The smallest absolute Gasteiger partial charge is 0.0541 e. The Balaban J connectivity index is 1.02. The van der Waals surface area contributed by atoms with Gasteiger partial charge in [-0.25, -0.2) is 0 Å². The highest BCUT2D eigenvalue weighted by Gasteiger charge is 2.22. The lowest BCUT2D eigenvalue weighted by molar-refractivity contribution is 1.18. The molecule has 0 unspecified atom stereocenters. The van der Waals surface area contributed by atoms with Crippen LogP contribution in [0.1, 0.15) is 0 Å². The molecule has 0 atom stereocenters. The lowest BCUT2D eigenvalue weighted by Gasteiger charge is -2.21. The molecule has 0 aliphatic heterocycles. The number of hydrogen-bond acceptors (Lipinski definition) is 0. The third-order valence-electron chi connectivity index (χ3n) is 14.1. The minimum atomic E-state index is 1.17. The first-order chi connectivity index (χ1) is 32.3. The first-order valence-electron chi connectivity index (χ1n) is 22.6. The zero-order chi connectivity index (χ0) is 42.6. The summed E-state index contributed by atoms with van der Waals surface area (Å²) in [6.45, 7) is 0. The van der Waals surface area contributed by atoms with E-state index < -0.39 is 0 Å². The van der Waals surface area contributed by atoms with Gasteiger partial charge >= 0.3 is 0 Å². The number of hydrogen-bond donors (Lipinski definition) is 0. The third-order valence-corrected chi connectivity index (χ3v) is 14.1. The van der Waals surface area contributed by atoms with Crippen molar-refractivity contribution in [2.45, 2.75) is 0 Å². The Morgan fingerprint density at radius 2 is 0.723 bits per heavy atom. The molecule has 65 heavy (non-hydrogen) atoms. The van der Waals surface area contributed by atoms with Crippen LogP contribution in [0, 0.1) is 0 Å². The number of para-hydroxylation sites is 2. The van der Waals surface area contributed by atoms with E-state index in [1.54, 1.807) is 0 Å². The molecule has 0 fully saturated rings. The van der Waals surface area contributed by atoms with Crippen LogP contribution in [-0.4, -0.2) is 4.57 Å². The second kappa shape index (κ2) is 14.0. The third kappa shape index (κ3) is 5.33. The molecule has 0 saturated heterocycles. The van der Waals surface area contributed by atoms with Gasteiger partial charge in [-0.1, -0.05) is 188 Å². The lowest BCUT2D eigenvalue weighted by atomic mass is 9.82. The Kier molecular flexibility index (Phi) is 7.75. The summed E-state index contributed by atoms with van der Waals surface area (Å²) in [5.41, 5.74) is 11.1. The molecule has 1 nitrogen and oxygen atoms in total. The highest BCUT2D eigenvalue weighted by molar-refractivity contribution is 6.35. The van der Waals surface area contributed by atoms with E-state index in [1.165, 1.54) is 136 Å². The molecule has 13 aromatic carbocycles. The molecule has 0 N–H and O–H groups in total. The van der Waals surface area contributed by atoms with Crippen LogP contribution in [0.5, 0.6) is 0 Å². The molecule has 14 aromatic rings. The molecule has 0 amide bonds. The summed E-state index contributed by atoms with van der Waals surface area (Å²) in [6.07, 6.45) is 0. The van der Waals surface area contributed by atoms with Crippen molar-refractivity contribution in [2.24, 2.45) is 0 Å². The van der Waals surface area contributed by atoms with Gasteiger partial charge in [-0.3, -0.25) is 0 Å². The van der Waals surface area contributed by atoms with Crippen LogP contribution in [-0.2, 0) is 0 Å². The van der Waals surface area contributed by atoms with Crippen molar-refractivity contribution in [2.75, 3.05) is 0 Å². The van der Waals surface area contributed by atoms with E-state index in [9.17, 15) is 0 Å². The van der Waals surface area contributed by atoms with Gasteiger partial charge in [0.15, 0.2) is 0 Å². The van der Waals surface area contributed by atoms with Crippen molar-refractivity contribution in [3.8, 4) is 39.1 Å². The molecule has 0 saturated carbocycles. The zero-order valence-corrected chi connectivity index (χ0v) is 35.5. The Labute approximate surface area is 375 Å². The lowest BCUT2D eigenvalue weighted by Crippen LogP contribution is -1.93. The van der Waals surface area contributed by atoms with Crippen LogP contribution in [0.25, 0.3) is 136 Å². The van der Waals surface area contributed by atoms with Crippen LogP contribution in [0.2, 0.25) is 0 Å². The molecular weight excluding hydrogens is 783 g/mol. The molecule has 1 aromatic heterocycles. The largest absolute Gasteiger partial charge is 0.309 e. The number of aromatic nitrogens is 1. The minimum absolute atomic E-state index is 1.17. The summed E-state index contributed by atoms with van der Waals surface area (Å²) < 4.78 is 2.39. The quantitative estimate of drug-likeness (QED) is 0.123. The van der Waals surface area contributed by atoms with Crippen LogP contribution < -0.4 is 0 Å². The van der Waals surface area contributed by atoms with Gasteiger partial charge in [0.1, 0.15) is 0 Å². The molecule has 0 spiro atoms. The fourth-order valence-electron chi connectivity index (χ4n) is 11.3. The Morgan fingerprint density at radius 1 is 0.231 bits per heavy atom. The minimum Gasteiger partial charge on any atom is -0.309 e. The van der Waals surface area contributed by atoms with E-state index in [0.29, 0.717) is 0 Å². The number of benzene rings is 13. The van der Waals surface area contributed by atoms with Gasteiger partial charge in [0, 0.05) is 16.5 Å². The van der Waals surface area contributed by atoms with Crippen molar-refractivity contribution in [3.63, 3.8) is 0 Å². The van der Waals surface area contributed by atoms with Gasteiger partial charge in [0.2, 0.25) is 0 Å². The van der Waals surface area contributed by atoms with Crippen LogP contribution >= 0.6 is 0 Å². The second-order valence-electron chi connectivity index (χ2n) is 17.5. The molecule has 0 radical (unpaired) electrons. The van der Waals surface area contributed by atoms with Gasteiger partial charge < -0.3 is 4.57 Å². The second-order valence-corrected chi connectivity index (χ2v) is 17.5. The molecule has 0 bridgehead atoms. The normalized spacial score (nSPS) is 12.0. The molecule has 0 aliphatic carbocycles. The molecule has 14 rings (SSSR count). The number of rotatable bonds is 4. The van der Waals surface area contributed by atoms with Crippen molar-refractivity contribution in [1.29, 1.82) is 0 Å². The number of nitrogens with zero attached hydrogens (tertiary/aromatic N) is 1. The summed E-state index contributed by atoms with van der Waals surface area (Å²) in [4.78, 5) is 0. The summed E-state index contributed by atoms with van der Waals surface area (Å²) in [5, 5.41) is 20.2. The zero-order valence-electron chi connectivity index (χ0n) is 35.5. The Bertz CT molecular complexity index is 4230. The maximum Gasteiger partial charge on any atom is 0.0541 e. The number of fused-ring (bicyclic) bond motifs is 14. The van der Waals surface area contributed by atoms with Crippen molar-refractivity contribution in [3.05, 3.63) is 237 Å². The van der Waals surface area contributed by atoms with Gasteiger partial charge in [-0.2, -0.15) is 0 Å². The molecular formula is C64H39N. The van der Waals surface area contributed by atoms with Gasteiger partial charge in [-0.15, -0.1) is 0 Å². The van der Waals surface area contributed by atoms with Crippen LogP contribution in [0.3, 0.4) is 0 Å². The van der Waals surface area contributed by atoms with Crippen molar-refractivity contribution in [1.82, 2.24) is 4.57 Å². The first kappa shape index (κ1) is 36.0. The molecule has 300 valence electrons. The molecule has 1 heteroatoms. The topological polar surface area (TPSA) is 4.93 Å². The van der Waals surface area contributed by atoms with Gasteiger partial charge in [0.25, 0.3) is 0 Å². The average Bonchev–Trinajstić information content (AvgIpc) is 3.71. The summed E-state index contributed by atoms with van der Waals surface area (Å²) in [5.74, 6) is 0. The Hall–Kier alpha value is -8.52. The fourth-order valence-corrected chi connectivity index (χ4v) is 11.3. The molecule has 0 aliphatic rings. The van der Waals surface area contributed by atoms with Gasteiger partial charge in [0.05, 0.1) is 11.0 Å². The van der Waals surface area contributed by atoms with Crippen LogP contribution in [0.15, 0.2) is 237 Å². The van der Waals surface area contributed by atoms with E-state index in [0.717, 1.165) is 0 Å². The van der Waals surface area contributed by atoms with E-state index in [4.69, 9.17) is 0 Å². The van der Waals surface area contributed by atoms with Crippen LogP contribution in [0.4, 0.5) is 0 Å². The highest BCUT2D eigenvalue weighted by atomic mass is 15.0. The van der Waals surface area contributed by atoms with Crippen molar-refractivity contribution < 1.29 is 0 Å². The maximum atomic E-state index is 2.51. The predicted octanol–water partition coefficient (Wildman–Crippen LogP) is 17.9. The SMILES string of the molecule is c1ccc(-n2c3ccccc3c3cc(-c4ccc5c(c4)c4ccccc4c4cc(-c6c7ccccc7c(-c7ccc8ccccc8c7)c7ccccc67)c6ccccc6c54)ccc32)cc1. The fraction of sp³-hybridized carbons (Fsp3) is 0. The van der Waals surface area contributed by atoms with E-state index in [2.05, 4.69) is 241 Å². The van der Waals surface area contributed by atoms with Crippen molar-refractivity contribution >= 4 is 97.2 Å². The standard InChI is InChI=1S/C64H39N/c1-2-18-45(19-3-1)65-60-29-15-14-23-49(60)57-38-43(33-35-61(57)65)42-32-34-55-56(37-42)46-20-6-7-21-47(46)58-39-59(48-22-8-9-24-50(48)63(55)58)64-53-27-12-10-25-51(53)62(52-26-11-13-28-54(52)64)44-31-30-40-16-4-5-17-41(40)36-44/h1-39H. The average molecular weight is 822 g/mol. The predicted molar refractivity (Wildman–Crippen MR) is 280 cm³/mol. The highest BCUT2D eigenvalue weighted by Crippen LogP contribution is 2.49. The monoisotopic (exact) mass is 821 g/mol. The van der Waals surface area contributed by atoms with E-state index in [1.807, 2.05) is 0 Å². The van der Waals surface area contributed by atoms with E-state index >= 15 is 0 Å². The van der Waals surface area contributed by atoms with E-state index in [-0.39, 0.29) is 0 Å². The first-order valence-corrected chi connectivity index (χ1v) is 22.6. The summed E-state index contributed by atoms with van der Waals surface area (Å²) in [7, 11) is 0. The Morgan fingerprint density at radius 3 is 1.45 bits per heavy atom. The summed E-state index contributed by atoms with van der Waals surface area (Å²) >= 11 is 0.